The van der Waals surface area contributed by atoms with Gasteiger partial charge in [0.2, 0.25) is 21.8 Å². The van der Waals surface area contributed by atoms with Crippen molar-refractivity contribution in [3.63, 3.8) is 0 Å². The van der Waals surface area contributed by atoms with Gasteiger partial charge in [-0.15, -0.1) is 0 Å². The van der Waals surface area contributed by atoms with E-state index in [0.29, 0.717) is 11.4 Å². The molecular formula is C18H21N3O4S. The zero-order valence-electron chi connectivity index (χ0n) is 14.8. The number of carbonyl (C=O) groups excluding carboxylic acids is 2. The number of hydrogen-bond acceptors (Lipinski definition) is 4. The minimum Gasteiger partial charge on any atom is -0.326 e. The summed E-state index contributed by atoms with van der Waals surface area (Å²) < 4.78 is 26.0. The first kappa shape index (κ1) is 19.6. The first-order valence-corrected chi connectivity index (χ1v) is 9.33. The fourth-order valence-electron chi connectivity index (χ4n) is 2.26. The van der Waals surface area contributed by atoms with Gasteiger partial charge < -0.3 is 10.6 Å². The van der Waals surface area contributed by atoms with Crippen LogP contribution in [0.3, 0.4) is 0 Å². The van der Waals surface area contributed by atoms with Crippen molar-refractivity contribution in [1.29, 1.82) is 0 Å². The van der Waals surface area contributed by atoms with Crippen molar-refractivity contribution in [2.45, 2.75) is 18.7 Å². The quantitative estimate of drug-likeness (QED) is 0.809. The summed E-state index contributed by atoms with van der Waals surface area (Å²) in [6.07, 6.45) is 0. The topological polar surface area (TPSA) is 95.6 Å². The summed E-state index contributed by atoms with van der Waals surface area (Å²) in [4.78, 5) is 23.4. The van der Waals surface area contributed by atoms with E-state index in [1.165, 1.54) is 26.1 Å². The molecule has 26 heavy (non-hydrogen) atoms. The molecule has 0 radical (unpaired) electrons. The highest BCUT2D eigenvalue weighted by molar-refractivity contribution is 7.89. The van der Waals surface area contributed by atoms with Gasteiger partial charge in [0.05, 0.1) is 11.4 Å². The maximum Gasteiger partial charge on any atom is 0.243 e. The van der Waals surface area contributed by atoms with E-state index >= 15 is 0 Å². The molecule has 0 saturated heterocycles. The summed E-state index contributed by atoms with van der Waals surface area (Å²) in [5.74, 6) is -0.708. The lowest BCUT2D eigenvalue weighted by atomic mass is 10.2. The van der Waals surface area contributed by atoms with Crippen LogP contribution in [0, 0.1) is 6.92 Å². The number of benzene rings is 2. The number of nitrogens with zero attached hydrogens (tertiary/aromatic N) is 1. The molecule has 2 aromatic carbocycles. The molecule has 0 atom stereocenters. The fraction of sp³-hybridized carbons (Fsp3) is 0.222. The van der Waals surface area contributed by atoms with Crippen LogP contribution in [0.5, 0.6) is 0 Å². The number of nitrogens with one attached hydrogen (secondary N) is 2. The van der Waals surface area contributed by atoms with Crippen molar-refractivity contribution < 1.29 is 18.0 Å². The molecule has 2 aromatic rings. The van der Waals surface area contributed by atoms with Crippen molar-refractivity contribution >= 4 is 33.2 Å². The third-order valence-electron chi connectivity index (χ3n) is 3.56. The fourth-order valence-corrected chi connectivity index (χ4v) is 3.38. The Balaban J connectivity index is 2.05. The van der Waals surface area contributed by atoms with Gasteiger partial charge in [0, 0.05) is 25.3 Å². The average molecular weight is 375 g/mol. The number of sulfonamides is 1. The molecule has 0 aliphatic rings. The van der Waals surface area contributed by atoms with Crippen LogP contribution >= 0.6 is 0 Å². The van der Waals surface area contributed by atoms with Gasteiger partial charge >= 0.3 is 0 Å². The largest absolute Gasteiger partial charge is 0.326 e. The molecule has 0 spiro atoms. The Hall–Kier alpha value is -2.71. The highest BCUT2D eigenvalue weighted by atomic mass is 32.2. The predicted octanol–water partition coefficient (Wildman–Crippen LogP) is 2.21. The van der Waals surface area contributed by atoms with Gasteiger partial charge in [-0.05, 0) is 37.3 Å². The predicted molar refractivity (Wildman–Crippen MR) is 100 cm³/mol. The standard InChI is InChI=1S/C18H21N3O4S/c1-13-7-9-17(10-8-13)26(24,25)21(3)12-18(23)20-16-6-4-5-15(11-16)19-14(2)22/h4-11H,12H2,1-3H3,(H,19,22)(H,20,23). The van der Waals surface area contributed by atoms with E-state index in [1.807, 2.05) is 6.92 Å². The third-order valence-corrected chi connectivity index (χ3v) is 5.38. The Labute approximate surface area is 153 Å². The molecule has 8 heteroatoms. The molecule has 138 valence electrons. The van der Waals surface area contributed by atoms with Gasteiger partial charge in [0.15, 0.2) is 0 Å². The summed E-state index contributed by atoms with van der Waals surface area (Å²) in [6, 6.07) is 13.0. The second-order valence-electron chi connectivity index (χ2n) is 5.88. The number of aryl methyl sites for hydroxylation is 1. The maximum absolute atomic E-state index is 12.5. The summed E-state index contributed by atoms with van der Waals surface area (Å²) in [5.41, 5.74) is 1.95. The van der Waals surface area contributed by atoms with Crippen LogP contribution in [0.4, 0.5) is 11.4 Å². The third kappa shape index (κ3) is 5.14. The first-order chi connectivity index (χ1) is 12.2. The van der Waals surface area contributed by atoms with Crippen LogP contribution < -0.4 is 10.6 Å². The van der Waals surface area contributed by atoms with Crippen molar-refractivity contribution in [3.8, 4) is 0 Å². The highest BCUT2D eigenvalue weighted by Gasteiger charge is 2.22. The van der Waals surface area contributed by atoms with E-state index in [4.69, 9.17) is 0 Å². The molecule has 0 heterocycles. The van der Waals surface area contributed by atoms with E-state index in [2.05, 4.69) is 10.6 Å². The molecule has 0 fully saturated rings. The van der Waals surface area contributed by atoms with Crippen LogP contribution in [0.2, 0.25) is 0 Å². The Kier molecular flexibility index (Phi) is 6.12. The zero-order chi connectivity index (χ0) is 19.3. The number of amides is 2. The smallest absolute Gasteiger partial charge is 0.243 e. The van der Waals surface area contributed by atoms with Crippen LogP contribution in [0.15, 0.2) is 53.4 Å². The summed E-state index contributed by atoms with van der Waals surface area (Å²) >= 11 is 0. The number of likely N-dealkylation sites (N-methyl/N-ethyl adjacent to an activating group) is 1. The van der Waals surface area contributed by atoms with E-state index in [-0.39, 0.29) is 17.3 Å². The Bertz CT molecular complexity index is 908. The first-order valence-electron chi connectivity index (χ1n) is 7.89. The molecule has 0 unspecified atom stereocenters. The van der Waals surface area contributed by atoms with Crippen LogP contribution in [0.1, 0.15) is 12.5 Å². The zero-order valence-corrected chi connectivity index (χ0v) is 15.6. The van der Waals surface area contributed by atoms with Gasteiger partial charge in [-0.1, -0.05) is 23.8 Å². The van der Waals surface area contributed by atoms with Gasteiger partial charge in [0.1, 0.15) is 0 Å². The van der Waals surface area contributed by atoms with Gasteiger partial charge in [-0.3, -0.25) is 9.59 Å². The Morgan fingerprint density at radius 2 is 1.58 bits per heavy atom. The Morgan fingerprint density at radius 3 is 2.15 bits per heavy atom. The minimum absolute atomic E-state index is 0.131. The molecule has 2 rings (SSSR count). The van der Waals surface area contributed by atoms with E-state index in [9.17, 15) is 18.0 Å². The van der Waals surface area contributed by atoms with E-state index in [0.717, 1.165) is 9.87 Å². The van der Waals surface area contributed by atoms with Crippen molar-refractivity contribution in [3.05, 3.63) is 54.1 Å². The lowest BCUT2D eigenvalue weighted by Crippen LogP contribution is -2.35. The second kappa shape index (κ2) is 8.11. The van der Waals surface area contributed by atoms with E-state index in [1.54, 1.807) is 36.4 Å². The monoisotopic (exact) mass is 375 g/mol. The summed E-state index contributed by atoms with van der Waals surface area (Å²) in [7, 11) is -2.40. The van der Waals surface area contributed by atoms with Crippen molar-refractivity contribution in [2.24, 2.45) is 0 Å². The highest BCUT2D eigenvalue weighted by Crippen LogP contribution is 2.17. The van der Waals surface area contributed by atoms with Gasteiger partial charge in [-0.2, -0.15) is 4.31 Å². The Morgan fingerprint density at radius 1 is 1.00 bits per heavy atom. The number of carbonyl (C=O) groups is 2. The number of anilines is 2. The molecular weight excluding hydrogens is 354 g/mol. The molecule has 7 nitrogen and oxygen atoms in total. The number of rotatable bonds is 6. The van der Waals surface area contributed by atoms with Gasteiger partial charge in [0.25, 0.3) is 0 Å². The minimum atomic E-state index is -3.75. The normalized spacial score (nSPS) is 11.2. The van der Waals surface area contributed by atoms with Crippen LogP contribution in [-0.4, -0.2) is 38.1 Å². The van der Waals surface area contributed by atoms with E-state index < -0.39 is 15.9 Å². The van der Waals surface area contributed by atoms with Crippen LogP contribution in [0.25, 0.3) is 0 Å². The van der Waals surface area contributed by atoms with Crippen molar-refractivity contribution in [1.82, 2.24) is 4.31 Å². The lowest BCUT2D eigenvalue weighted by Gasteiger charge is -2.17. The molecule has 2 amide bonds. The molecule has 0 aliphatic carbocycles. The van der Waals surface area contributed by atoms with Gasteiger partial charge in [-0.25, -0.2) is 8.42 Å². The average Bonchev–Trinajstić information content (AvgIpc) is 2.54. The number of hydrogen-bond donors (Lipinski definition) is 2. The lowest BCUT2D eigenvalue weighted by molar-refractivity contribution is -0.116. The summed E-state index contributed by atoms with van der Waals surface area (Å²) in [5, 5.41) is 5.24. The van der Waals surface area contributed by atoms with Crippen LogP contribution in [-0.2, 0) is 19.6 Å². The summed E-state index contributed by atoms with van der Waals surface area (Å²) in [6.45, 7) is 2.92. The maximum atomic E-state index is 12.5. The SMILES string of the molecule is CC(=O)Nc1cccc(NC(=O)CN(C)S(=O)(=O)c2ccc(C)cc2)c1. The molecule has 2 N–H and O–H groups in total. The van der Waals surface area contributed by atoms with Crippen molar-refractivity contribution in [2.75, 3.05) is 24.2 Å². The molecule has 0 saturated carbocycles. The molecule has 0 bridgehead atoms. The molecule has 0 aromatic heterocycles. The second-order valence-corrected chi connectivity index (χ2v) is 7.93. The molecule has 0 aliphatic heterocycles.